The molecule has 1 aliphatic heterocycles. The summed E-state index contributed by atoms with van der Waals surface area (Å²) in [4.78, 5) is 10.8. The molecule has 1 atom stereocenters. The molecule has 1 fully saturated rings. The van der Waals surface area contributed by atoms with E-state index in [1.54, 1.807) is 6.20 Å². The summed E-state index contributed by atoms with van der Waals surface area (Å²) < 4.78 is 44.3. The lowest BCUT2D eigenvalue weighted by Crippen LogP contribution is -2.23. The molecule has 142 valence electrons. The van der Waals surface area contributed by atoms with Crippen molar-refractivity contribution < 1.29 is 17.7 Å². The Morgan fingerprint density at radius 3 is 2.74 bits per heavy atom. The van der Waals surface area contributed by atoms with E-state index in [4.69, 9.17) is 4.52 Å². The molecule has 0 radical (unpaired) electrons. The predicted molar refractivity (Wildman–Crippen MR) is 94.5 cm³/mol. The van der Waals surface area contributed by atoms with Crippen molar-refractivity contribution in [1.82, 2.24) is 15.1 Å². The van der Waals surface area contributed by atoms with Gasteiger partial charge in [0.1, 0.15) is 0 Å². The summed E-state index contributed by atoms with van der Waals surface area (Å²) in [7, 11) is 0. The maximum absolute atomic E-state index is 13.0. The first kappa shape index (κ1) is 17.8. The van der Waals surface area contributed by atoms with Crippen LogP contribution in [0.4, 0.5) is 18.9 Å². The van der Waals surface area contributed by atoms with Gasteiger partial charge in [-0.2, -0.15) is 18.2 Å². The molecule has 1 unspecified atom stereocenters. The SMILES string of the molecule is CC(C)c1nc(C2CCCN2c2ccnc3cc(C(F)(F)F)ccc23)no1. The standard InChI is InChI=1S/C19H19F3N4O/c1-11(2)18-24-17(25-27-18)16-4-3-9-26(16)15-7-8-23-14-10-12(19(20,21)22)5-6-13(14)15/h5-8,10-11,16H,3-4,9H2,1-2H3. The van der Waals surface area contributed by atoms with Gasteiger partial charge in [-0.1, -0.05) is 25.1 Å². The number of aromatic nitrogens is 3. The van der Waals surface area contributed by atoms with Crippen LogP contribution in [0.2, 0.25) is 0 Å². The topological polar surface area (TPSA) is 55.1 Å². The Labute approximate surface area is 154 Å². The monoisotopic (exact) mass is 376 g/mol. The molecule has 3 heterocycles. The molecule has 2 aromatic heterocycles. The van der Waals surface area contributed by atoms with E-state index in [2.05, 4.69) is 20.0 Å². The van der Waals surface area contributed by atoms with E-state index < -0.39 is 11.7 Å². The summed E-state index contributed by atoms with van der Waals surface area (Å²) in [5, 5.41) is 4.81. The highest BCUT2D eigenvalue weighted by atomic mass is 19.4. The van der Waals surface area contributed by atoms with Gasteiger partial charge in [0.05, 0.1) is 17.1 Å². The van der Waals surface area contributed by atoms with E-state index in [1.165, 1.54) is 6.07 Å². The molecule has 3 aromatic rings. The van der Waals surface area contributed by atoms with Crippen LogP contribution in [-0.2, 0) is 6.18 Å². The van der Waals surface area contributed by atoms with Gasteiger partial charge >= 0.3 is 6.18 Å². The lowest BCUT2D eigenvalue weighted by molar-refractivity contribution is -0.137. The van der Waals surface area contributed by atoms with E-state index in [9.17, 15) is 13.2 Å². The van der Waals surface area contributed by atoms with Crippen molar-refractivity contribution in [2.75, 3.05) is 11.4 Å². The minimum absolute atomic E-state index is 0.0610. The third-order valence-electron chi connectivity index (χ3n) is 4.86. The van der Waals surface area contributed by atoms with E-state index in [-0.39, 0.29) is 12.0 Å². The molecular weight excluding hydrogens is 357 g/mol. The van der Waals surface area contributed by atoms with Crippen LogP contribution in [0, 0.1) is 0 Å². The van der Waals surface area contributed by atoms with Crippen LogP contribution in [-0.4, -0.2) is 21.7 Å². The third-order valence-corrected chi connectivity index (χ3v) is 4.86. The van der Waals surface area contributed by atoms with Gasteiger partial charge in [-0.15, -0.1) is 0 Å². The summed E-state index contributed by atoms with van der Waals surface area (Å²) in [5.41, 5.74) is 0.466. The Morgan fingerprint density at radius 2 is 2.04 bits per heavy atom. The molecule has 1 aliphatic rings. The van der Waals surface area contributed by atoms with Crippen LogP contribution in [0.15, 0.2) is 35.0 Å². The fraction of sp³-hybridized carbons (Fsp3) is 0.421. The number of pyridine rings is 1. The van der Waals surface area contributed by atoms with E-state index in [0.717, 1.165) is 37.2 Å². The maximum Gasteiger partial charge on any atom is 0.416 e. The number of anilines is 1. The zero-order valence-corrected chi connectivity index (χ0v) is 15.0. The van der Waals surface area contributed by atoms with Crippen molar-refractivity contribution in [2.24, 2.45) is 0 Å². The number of fused-ring (bicyclic) bond motifs is 1. The highest BCUT2D eigenvalue weighted by molar-refractivity contribution is 5.92. The molecular formula is C19H19F3N4O. The summed E-state index contributed by atoms with van der Waals surface area (Å²) in [6.45, 7) is 4.74. The van der Waals surface area contributed by atoms with Crippen molar-refractivity contribution in [3.63, 3.8) is 0 Å². The van der Waals surface area contributed by atoms with Crippen molar-refractivity contribution in [1.29, 1.82) is 0 Å². The number of rotatable bonds is 3. The number of hydrogen-bond acceptors (Lipinski definition) is 5. The van der Waals surface area contributed by atoms with E-state index in [1.807, 2.05) is 19.9 Å². The van der Waals surface area contributed by atoms with Gasteiger partial charge in [-0.3, -0.25) is 4.98 Å². The molecule has 0 amide bonds. The molecule has 0 spiro atoms. The van der Waals surface area contributed by atoms with Crippen LogP contribution >= 0.6 is 0 Å². The first-order chi connectivity index (χ1) is 12.8. The molecule has 27 heavy (non-hydrogen) atoms. The summed E-state index contributed by atoms with van der Waals surface area (Å²) in [6, 6.07) is 5.45. The zero-order chi connectivity index (χ0) is 19.2. The molecule has 0 saturated carbocycles. The molecule has 5 nitrogen and oxygen atoms in total. The minimum Gasteiger partial charge on any atom is -0.361 e. The van der Waals surface area contributed by atoms with E-state index >= 15 is 0 Å². The van der Waals surface area contributed by atoms with Crippen LogP contribution in [0.1, 0.15) is 55.9 Å². The average Bonchev–Trinajstić information content (AvgIpc) is 3.29. The fourth-order valence-corrected chi connectivity index (χ4v) is 3.50. The lowest BCUT2D eigenvalue weighted by Gasteiger charge is -2.26. The quantitative estimate of drug-likeness (QED) is 0.636. The first-order valence-electron chi connectivity index (χ1n) is 8.90. The maximum atomic E-state index is 13.0. The number of alkyl halides is 3. The normalized spacial score (nSPS) is 18.0. The lowest BCUT2D eigenvalue weighted by atomic mass is 10.1. The Bertz CT molecular complexity index is 967. The second-order valence-corrected chi connectivity index (χ2v) is 7.06. The Kier molecular flexibility index (Phi) is 4.28. The van der Waals surface area contributed by atoms with Crippen LogP contribution in [0.3, 0.4) is 0 Å². The molecule has 0 aliphatic carbocycles. The van der Waals surface area contributed by atoms with Gasteiger partial charge in [0, 0.05) is 29.7 Å². The molecule has 0 N–H and O–H groups in total. The number of halogens is 3. The molecule has 4 rings (SSSR count). The Balaban J connectivity index is 1.74. The molecule has 1 saturated heterocycles. The summed E-state index contributed by atoms with van der Waals surface area (Å²) in [6.07, 6.45) is -1.04. The largest absolute Gasteiger partial charge is 0.416 e. The zero-order valence-electron chi connectivity index (χ0n) is 15.0. The van der Waals surface area contributed by atoms with Gasteiger partial charge < -0.3 is 9.42 Å². The van der Waals surface area contributed by atoms with Crippen molar-refractivity contribution >= 4 is 16.6 Å². The van der Waals surface area contributed by atoms with Crippen LogP contribution in [0.5, 0.6) is 0 Å². The summed E-state index contributed by atoms with van der Waals surface area (Å²) >= 11 is 0. The van der Waals surface area contributed by atoms with Gasteiger partial charge in [-0.05, 0) is 31.0 Å². The molecule has 1 aromatic carbocycles. The average molecular weight is 376 g/mol. The smallest absolute Gasteiger partial charge is 0.361 e. The fourth-order valence-electron chi connectivity index (χ4n) is 3.50. The second kappa shape index (κ2) is 6.51. The molecule has 8 heteroatoms. The Hall–Kier alpha value is -2.64. The van der Waals surface area contributed by atoms with Crippen LogP contribution in [0.25, 0.3) is 10.9 Å². The minimum atomic E-state index is -4.39. The summed E-state index contributed by atoms with van der Waals surface area (Å²) in [5.74, 6) is 1.35. The van der Waals surface area contributed by atoms with Crippen molar-refractivity contribution in [2.45, 2.75) is 44.8 Å². The Morgan fingerprint density at radius 1 is 1.22 bits per heavy atom. The number of hydrogen-bond donors (Lipinski definition) is 0. The van der Waals surface area contributed by atoms with Crippen LogP contribution < -0.4 is 4.90 Å². The van der Waals surface area contributed by atoms with Gasteiger partial charge in [0.2, 0.25) is 5.89 Å². The predicted octanol–water partition coefficient (Wildman–Crippen LogP) is 5.10. The van der Waals surface area contributed by atoms with Gasteiger partial charge in [0.25, 0.3) is 0 Å². The van der Waals surface area contributed by atoms with E-state index in [0.29, 0.717) is 22.6 Å². The number of benzene rings is 1. The highest BCUT2D eigenvalue weighted by Crippen LogP contribution is 2.39. The molecule has 0 bridgehead atoms. The van der Waals surface area contributed by atoms with Crippen molar-refractivity contribution in [3.8, 4) is 0 Å². The van der Waals surface area contributed by atoms with Crippen molar-refractivity contribution in [3.05, 3.63) is 47.7 Å². The van der Waals surface area contributed by atoms with Gasteiger partial charge in [0.15, 0.2) is 5.82 Å². The number of nitrogens with zero attached hydrogens (tertiary/aromatic N) is 4. The second-order valence-electron chi connectivity index (χ2n) is 7.06. The van der Waals surface area contributed by atoms with Gasteiger partial charge in [-0.25, -0.2) is 0 Å². The first-order valence-corrected chi connectivity index (χ1v) is 8.90. The third kappa shape index (κ3) is 3.24. The highest BCUT2D eigenvalue weighted by Gasteiger charge is 2.33.